The Labute approximate surface area is 336 Å². The van der Waals surface area contributed by atoms with Crippen LogP contribution in [0.4, 0.5) is 11.4 Å². The number of carboxylic acid groups (broad SMARTS) is 1. The minimum Gasteiger partial charge on any atom is -0.480 e. The van der Waals surface area contributed by atoms with Gasteiger partial charge in [0.25, 0.3) is 10.1 Å². The van der Waals surface area contributed by atoms with Gasteiger partial charge in [-0.2, -0.15) is 13.0 Å². The van der Waals surface area contributed by atoms with Crippen molar-refractivity contribution in [3.63, 3.8) is 0 Å². The highest BCUT2D eigenvalue weighted by Gasteiger charge is 2.26. The highest BCUT2D eigenvalue weighted by molar-refractivity contribution is 7.85. The molecule has 0 aliphatic heterocycles. The van der Waals surface area contributed by atoms with E-state index < -0.39 is 33.8 Å². The molecule has 0 fully saturated rings. The number of carbonyl (C=O) groups excluding carboxylic acids is 2. The number of hydrogen-bond donors (Lipinski definition) is 5. The number of nitrogens with zero attached hydrogens (tertiary/aromatic N) is 4. The third-order valence-electron chi connectivity index (χ3n) is 8.79. The third-order valence-corrected chi connectivity index (χ3v) is 9.55. The van der Waals surface area contributed by atoms with E-state index in [1.54, 1.807) is 0 Å². The molecule has 0 saturated heterocycles. The number of amides is 2. The van der Waals surface area contributed by atoms with Crippen molar-refractivity contribution < 1.29 is 56.0 Å². The number of benzene rings is 3. The van der Waals surface area contributed by atoms with Crippen molar-refractivity contribution in [1.82, 2.24) is 10.6 Å². The third kappa shape index (κ3) is 15.2. The van der Waals surface area contributed by atoms with Crippen LogP contribution in [0, 0.1) is 0 Å². The average Bonchev–Trinajstić information content (AvgIpc) is 3.18. The van der Waals surface area contributed by atoms with E-state index in [9.17, 15) is 22.8 Å². The van der Waals surface area contributed by atoms with Gasteiger partial charge in [0.15, 0.2) is 0 Å². The summed E-state index contributed by atoms with van der Waals surface area (Å²) < 4.78 is 54.4. The van der Waals surface area contributed by atoms with Gasteiger partial charge in [-0.3, -0.25) is 14.1 Å². The first kappa shape index (κ1) is 45.3. The maximum atomic E-state index is 12.5. The second kappa shape index (κ2) is 23.7. The van der Waals surface area contributed by atoms with Crippen LogP contribution >= 0.6 is 0 Å². The molecule has 6 N–H and O–H groups in total. The predicted octanol–water partition coefficient (Wildman–Crippen LogP) is 4.06. The van der Waals surface area contributed by atoms with Gasteiger partial charge in [0.05, 0.1) is 63.6 Å². The summed E-state index contributed by atoms with van der Waals surface area (Å²) >= 11 is 0. The lowest BCUT2D eigenvalue weighted by atomic mass is 9.98. The van der Waals surface area contributed by atoms with Crippen LogP contribution < -0.4 is 20.9 Å². The van der Waals surface area contributed by atoms with Crippen molar-refractivity contribution in [2.45, 2.75) is 44.7 Å². The number of fused-ring (bicyclic) bond motifs is 3. The molecule has 0 saturated carbocycles. The average molecular weight is 825 g/mol. The number of aryl methyl sites for hydroxylation is 1. The summed E-state index contributed by atoms with van der Waals surface area (Å²) in [6, 6.07) is 20.0. The van der Waals surface area contributed by atoms with Crippen molar-refractivity contribution in [2.24, 2.45) is 5.11 Å². The molecule has 0 unspecified atom stereocenters. The highest BCUT2D eigenvalue weighted by atomic mass is 32.2. The van der Waals surface area contributed by atoms with E-state index in [0.717, 1.165) is 45.8 Å². The quantitative estimate of drug-likeness (QED) is 0.00833. The normalized spacial score (nSPS) is 11.9. The topological polar surface area (TPSA) is 265 Å². The lowest BCUT2D eigenvalue weighted by Gasteiger charge is -2.13. The summed E-state index contributed by atoms with van der Waals surface area (Å²) in [7, 11) is -4.58. The number of anilines is 1. The molecule has 3 aromatic carbocycles. The number of pyridine rings is 1. The van der Waals surface area contributed by atoms with Gasteiger partial charge in [-0.15, -0.1) is 0 Å². The molecule has 0 aliphatic rings. The van der Waals surface area contributed by atoms with Crippen molar-refractivity contribution in [3.05, 3.63) is 77.2 Å². The van der Waals surface area contributed by atoms with Gasteiger partial charge in [0.1, 0.15) is 18.3 Å². The van der Waals surface area contributed by atoms with Gasteiger partial charge in [-0.1, -0.05) is 35.4 Å². The standard InChI is InChI=1S/C39H49N7O11S/c40-29-10-12-31-32-13-11-30(44-45-41)26-35(32)46(38(33(31)25-29)28-7-3-1-4-8-28)16-6-2-5-9-36(47)42-15-18-55-20-22-57-24-23-56-21-19-54-17-14-37(48)43-34(39(49)50)27-58(51,52)53/h1,3-4,7-8,10-13,25-26,34H,2,5-6,9,14-24,27,40H2,(H3-,42,43,47,48,49,50,51,52,53)/p+1/t34-/m0/s1. The van der Waals surface area contributed by atoms with Gasteiger partial charge in [-0.25, -0.2) is 4.79 Å². The Morgan fingerprint density at radius 2 is 1.45 bits per heavy atom. The second-order valence-corrected chi connectivity index (χ2v) is 14.6. The highest BCUT2D eigenvalue weighted by Crippen LogP contribution is 2.34. The first-order valence-electron chi connectivity index (χ1n) is 18.8. The van der Waals surface area contributed by atoms with Crippen LogP contribution in [0.2, 0.25) is 0 Å². The first-order chi connectivity index (χ1) is 28.0. The Hall–Kier alpha value is -5.40. The number of ether oxygens (including phenoxy) is 4. The van der Waals surface area contributed by atoms with Gasteiger partial charge in [0, 0.05) is 59.1 Å². The van der Waals surface area contributed by atoms with E-state index in [0.29, 0.717) is 70.3 Å². The first-order valence-corrected chi connectivity index (χ1v) is 20.4. The van der Waals surface area contributed by atoms with Crippen molar-refractivity contribution in [1.29, 1.82) is 0 Å². The van der Waals surface area contributed by atoms with Gasteiger partial charge in [0.2, 0.25) is 23.0 Å². The minimum atomic E-state index is -4.58. The largest absolute Gasteiger partial charge is 0.480 e. The summed E-state index contributed by atoms with van der Waals surface area (Å²) in [6.45, 7) is 3.07. The smallest absolute Gasteiger partial charge is 0.327 e. The Morgan fingerprint density at radius 3 is 2.10 bits per heavy atom. The van der Waals surface area contributed by atoms with Crippen LogP contribution in [-0.4, -0.2) is 107 Å². The number of hydrogen-bond acceptors (Lipinski definition) is 11. The zero-order valence-corrected chi connectivity index (χ0v) is 32.9. The molecule has 0 radical (unpaired) electrons. The fourth-order valence-electron chi connectivity index (χ4n) is 6.14. The predicted molar refractivity (Wildman–Crippen MR) is 216 cm³/mol. The molecular formula is C39H50N7O11S+. The van der Waals surface area contributed by atoms with Crippen molar-refractivity contribution in [2.75, 3.05) is 70.9 Å². The Balaban J connectivity index is 1.07. The maximum absolute atomic E-state index is 12.5. The molecule has 1 atom stereocenters. The summed E-state index contributed by atoms with van der Waals surface area (Å²) in [5.41, 5.74) is 19.6. The molecule has 312 valence electrons. The van der Waals surface area contributed by atoms with E-state index in [1.165, 1.54) is 0 Å². The molecule has 4 rings (SSSR count). The summed E-state index contributed by atoms with van der Waals surface area (Å²) in [5, 5.41) is 20.8. The molecule has 1 aromatic heterocycles. The van der Waals surface area contributed by atoms with E-state index in [1.807, 2.05) is 59.9 Å². The number of unbranched alkanes of at least 4 members (excludes halogenated alkanes) is 2. The van der Waals surface area contributed by atoms with Crippen LogP contribution in [0.15, 0.2) is 71.8 Å². The van der Waals surface area contributed by atoms with Crippen LogP contribution in [0.5, 0.6) is 0 Å². The van der Waals surface area contributed by atoms with E-state index in [2.05, 4.69) is 32.0 Å². The Bertz CT molecular complexity index is 2150. The number of nitrogens with one attached hydrogen (secondary N) is 2. The monoisotopic (exact) mass is 824 g/mol. The second-order valence-electron chi connectivity index (χ2n) is 13.1. The van der Waals surface area contributed by atoms with Crippen molar-refractivity contribution in [3.8, 4) is 11.3 Å². The number of nitrogens with two attached hydrogens (primary N) is 1. The summed E-state index contributed by atoms with van der Waals surface area (Å²) in [6.07, 6.45) is 2.54. The number of carbonyl (C=O) groups is 3. The van der Waals surface area contributed by atoms with Gasteiger partial charge >= 0.3 is 5.97 Å². The van der Waals surface area contributed by atoms with Crippen LogP contribution in [0.25, 0.3) is 43.4 Å². The van der Waals surface area contributed by atoms with Crippen molar-refractivity contribution >= 4 is 61.0 Å². The minimum absolute atomic E-state index is 0.0394. The van der Waals surface area contributed by atoms with Gasteiger partial charge < -0.3 is 40.4 Å². The molecule has 58 heavy (non-hydrogen) atoms. The fraction of sp³-hybridized carbons (Fsp3) is 0.436. The number of aliphatic carboxylic acids is 1. The number of aromatic nitrogens is 1. The molecule has 18 nitrogen and oxygen atoms in total. The molecule has 19 heteroatoms. The maximum Gasteiger partial charge on any atom is 0.327 e. The zero-order valence-electron chi connectivity index (χ0n) is 32.1. The molecule has 0 aliphatic carbocycles. The fourth-order valence-corrected chi connectivity index (χ4v) is 6.79. The van der Waals surface area contributed by atoms with E-state index in [4.69, 9.17) is 39.9 Å². The zero-order chi connectivity index (χ0) is 41.8. The SMILES string of the molecule is [N-]=[N+]=Nc1ccc2c3ccc(N)cc3c(-c3ccccc3)[n+](CCCCCC(=O)NCCOCCOCCOCCOCCC(=O)N[C@@H](CS(=O)(=O)O)C(=O)O)c2c1. The van der Waals surface area contributed by atoms with E-state index >= 15 is 0 Å². The van der Waals surface area contributed by atoms with E-state index in [-0.39, 0.29) is 32.1 Å². The molecule has 2 amide bonds. The Morgan fingerprint density at radius 1 is 0.793 bits per heavy atom. The lowest BCUT2D eigenvalue weighted by molar-refractivity contribution is -0.659. The number of azide groups is 1. The van der Waals surface area contributed by atoms with Crippen LogP contribution in [0.3, 0.4) is 0 Å². The molecular weight excluding hydrogens is 775 g/mol. The number of carboxylic acids is 1. The summed E-state index contributed by atoms with van der Waals surface area (Å²) in [5.74, 6) is -3.50. The Kier molecular flexibility index (Phi) is 18.5. The number of nitrogen functional groups attached to an aromatic ring is 1. The summed E-state index contributed by atoms with van der Waals surface area (Å²) in [4.78, 5) is 38.3. The molecule has 0 bridgehead atoms. The number of rotatable bonds is 27. The van der Waals surface area contributed by atoms with Crippen LogP contribution in [-0.2, 0) is 50.0 Å². The molecule has 1 heterocycles. The molecule has 4 aromatic rings. The lowest BCUT2D eigenvalue weighted by Crippen LogP contribution is -2.45. The van der Waals surface area contributed by atoms with Gasteiger partial charge in [-0.05, 0) is 48.7 Å². The van der Waals surface area contributed by atoms with Crippen LogP contribution in [0.1, 0.15) is 32.1 Å². The molecule has 0 spiro atoms.